The van der Waals surface area contributed by atoms with Gasteiger partial charge >= 0.3 is 0 Å². The molecule has 2 aromatic rings. The zero-order valence-electron chi connectivity index (χ0n) is 13.5. The van der Waals surface area contributed by atoms with Crippen molar-refractivity contribution in [3.63, 3.8) is 0 Å². The van der Waals surface area contributed by atoms with E-state index in [1.54, 1.807) is 21.9 Å². The smallest absolute Gasteiger partial charge is 0.274 e. The minimum atomic E-state index is -0.352. The SMILES string of the molecule is O=C(c1ccc(=O)[nH]n1)N1CCCN(C(=O)c2ccccc2S)CC1. The molecule has 1 aliphatic rings. The Morgan fingerprint density at radius 3 is 2.28 bits per heavy atom. The number of thiol groups is 1. The molecular weight excluding hydrogens is 340 g/mol. The summed E-state index contributed by atoms with van der Waals surface area (Å²) in [5.74, 6) is -0.331. The molecule has 130 valence electrons. The summed E-state index contributed by atoms with van der Waals surface area (Å²) in [4.78, 5) is 40.3. The van der Waals surface area contributed by atoms with Crippen LogP contribution >= 0.6 is 12.6 Å². The Balaban J connectivity index is 1.69. The zero-order valence-corrected chi connectivity index (χ0v) is 14.4. The van der Waals surface area contributed by atoms with Crippen LogP contribution in [0.5, 0.6) is 0 Å². The Bertz CT molecular complexity index is 831. The molecule has 0 unspecified atom stereocenters. The molecule has 2 amide bonds. The first-order valence-electron chi connectivity index (χ1n) is 7.98. The molecular formula is C17H18N4O3S. The molecule has 1 aliphatic heterocycles. The number of benzene rings is 1. The van der Waals surface area contributed by atoms with Gasteiger partial charge in [-0.1, -0.05) is 12.1 Å². The van der Waals surface area contributed by atoms with Gasteiger partial charge in [0.1, 0.15) is 5.69 Å². The number of aromatic amines is 1. The van der Waals surface area contributed by atoms with Gasteiger partial charge in [0.25, 0.3) is 17.4 Å². The number of rotatable bonds is 2. The average molecular weight is 358 g/mol. The lowest BCUT2D eigenvalue weighted by Gasteiger charge is -2.22. The number of nitrogens with zero attached hydrogens (tertiary/aromatic N) is 3. The third kappa shape index (κ3) is 3.90. The van der Waals surface area contributed by atoms with E-state index in [4.69, 9.17) is 0 Å². The summed E-state index contributed by atoms with van der Waals surface area (Å²) in [6, 6.07) is 9.86. The van der Waals surface area contributed by atoms with Gasteiger partial charge in [-0.3, -0.25) is 14.4 Å². The van der Waals surface area contributed by atoms with Crippen LogP contribution in [0.1, 0.15) is 27.3 Å². The predicted molar refractivity (Wildman–Crippen MR) is 95.0 cm³/mol. The van der Waals surface area contributed by atoms with Crippen molar-refractivity contribution in [2.45, 2.75) is 11.3 Å². The van der Waals surface area contributed by atoms with Gasteiger partial charge < -0.3 is 9.80 Å². The molecule has 2 heterocycles. The fourth-order valence-electron chi connectivity index (χ4n) is 2.77. The number of aromatic nitrogens is 2. The molecule has 1 aromatic carbocycles. The van der Waals surface area contributed by atoms with Crippen molar-refractivity contribution in [3.05, 3.63) is 58.0 Å². The van der Waals surface area contributed by atoms with Gasteiger partial charge in [0.2, 0.25) is 0 Å². The van der Waals surface area contributed by atoms with E-state index in [2.05, 4.69) is 22.8 Å². The third-order valence-corrected chi connectivity index (χ3v) is 4.49. The Morgan fingerprint density at radius 2 is 1.64 bits per heavy atom. The molecule has 0 radical (unpaired) electrons. The van der Waals surface area contributed by atoms with Crippen molar-refractivity contribution in [2.75, 3.05) is 26.2 Å². The summed E-state index contributed by atoms with van der Waals surface area (Å²) in [5, 5.41) is 6.04. The van der Waals surface area contributed by atoms with Gasteiger partial charge in [-0.25, -0.2) is 5.10 Å². The summed E-state index contributed by atoms with van der Waals surface area (Å²) in [5.41, 5.74) is 0.405. The van der Waals surface area contributed by atoms with E-state index in [9.17, 15) is 14.4 Å². The number of H-pyrrole nitrogens is 1. The number of hydrogen-bond acceptors (Lipinski definition) is 5. The van der Waals surface area contributed by atoms with Crippen LogP contribution in [-0.4, -0.2) is 58.0 Å². The van der Waals surface area contributed by atoms with Crippen LogP contribution in [0.25, 0.3) is 0 Å². The number of carbonyl (C=O) groups is 2. The van der Waals surface area contributed by atoms with Crippen LogP contribution in [0, 0.1) is 0 Å². The normalized spacial score (nSPS) is 14.9. The van der Waals surface area contributed by atoms with Gasteiger partial charge in [0.05, 0.1) is 5.56 Å². The van der Waals surface area contributed by atoms with E-state index in [1.807, 2.05) is 12.1 Å². The first kappa shape index (κ1) is 17.2. The van der Waals surface area contributed by atoms with Gasteiger partial charge in [-0.2, -0.15) is 5.10 Å². The topological polar surface area (TPSA) is 86.4 Å². The van der Waals surface area contributed by atoms with Crippen LogP contribution in [-0.2, 0) is 0 Å². The maximum atomic E-state index is 12.7. The highest BCUT2D eigenvalue weighted by Crippen LogP contribution is 2.17. The molecule has 0 saturated carbocycles. The lowest BCUT2D eigenvalue weighted by molar-refractivity contribution is 0.0713. The van der Waals surface area contributed by atoms with Gasteiger partial charge in [-0.15, -0.1) is 12.6 Å². The van der Waals surface area contributed by atoms with E-state index in [-0.39, 0.29) is 23.1 Å². The molecule has 1 N–H and O–H groups in total. The summed E-state index contributed by atoms with van der Waals surface area (Å²) in [7, 11) is 0. The molecule has 1 aromatic heterocycles. The Kier molecular flexibility index (Phi) is 5.18. The Hall–Kier alpha value is -2.61. The minimum Gasteiger partial charge on any atom is -0.337 e. The van der Waals surface area contributed by atoms with E-state index in [0.717, 1.165) is 0 Å². The highest BCUT2D eigenvalue weighted by atomic mass is 32.1. The van der Waals surface area contributed by atoms with Crippen molar-refractivity contribution in [2.24, 2.45) is 0 Å². The van der Waals surface area contributed by atoms with E-state index in [0.29, 0.717) is 43.1 Å². The Labute approximate surface area is 150 Å². The predicted octanol–water partition coefficient (Wildman–Crippen LogP) is 1.05. The highest BCUT2D eigenvalue weighted by molar-refractivity contribution is 7.80. The van der Waals surface area contributed by atoms with Crippen LogP contribution in [0.2, 0.25) is 0 Å². The van der Waals surface area contributed by atoms with Crippen LogP contribution in [0.15, 0.2) is 46.1 Å². The second kappa shape index (κ2) is 7.52. The second-order valence-electron chi connectivity index (χ2n) is 5.76. The monoisotopic (exact) mass is 358 g/mol. The van der Waals surface area contributed by atoms with E-state index < -0.39 is 0 Å². The van der Waals surface area contributed by atoms with Crippen molar-refractivity contribution < 1.29 is 9.59 Å². The van der Waals surface area contributed by atoms with Crippen molar-refractivity contribution in [3.8, 4) is 0 Å². The molecule has 3 rings (SSSR count). The first-order chi connectivity index (χ1) is 12.1. The molecule has 25 heavy (non-hydrogen) atoms. The fourth-order valence-corrected chi connectivity index (χ4v) is 3.03. The van der Waals surface area contributed by atoms with Crippen molar-refractivity contribution >= 4 is 24.4 Å². The summed E-state index contributed by atoms with van der Waals surface area (Å²) < 4.78 is 0. The fraction of sp³-hybridized carbons (Fsp3) is 0.294. The quantitative estimate of drug-likeness (QED) is 0.786. The maximum Gasteiger partial charge on any atom is 0.274 e. The standard InChI is InChI=1S/C17H18N4O3S/c22-15-7-6-13(18-19-15)17(24)21-9-3-8-20(10-11-21)16(23)12-4-1-2-5-14(12)25/h1-2,4-7,25H,3,8-11H2,(H,19,22). The lowest BCUT2D eigenvalue weighted by atomic mass is 10.2. The Morgan fingerprint density at radius 1 is 0.960 bits per heavy atom. The highest BCUT2D eigenvalue weighted by Gasteiger charge is 2.24. The van der Waals surface area contributed by atoms with Crippen LogP contribution < -0.4 is 5.56 Å². The summed E-state index contributed by atoms with van der Waals surface area (Å²) in [6.45, 7) is 1.96. The van der Waals surface area contributed by atoms with Gasteiger partial charge in [0.15, 0.2) is 0 Å². The molecule has 0 spiro atoms. The molecule has 7 nitrogen and oxygen atoms in total. The number of hydrogen-bond donors (Lipinski definition) is 2. The maximum absolute atomic E-state index is 12.7. The summed E-state index contributed by atoms with van der Waals surface area (Å²) >= 11 is 4.34. The van der Waals surface area contributed by atoms with Crippen molar-refractivity contribution in [1.29, 1.82) is 0 Å². The molecule has 1 saturated heterocycles. The second-order valence-corrected chi connectivity index (χ2v) is 6.24. The first-order valence-corrected chi connectivity index (χ1v) is 8.43. The van der Waals surface area contributed by atoms with Crippen LogP contribution in [0.3, 0.4) is 0 Å². The summed E-state index contributed by atoms with van der Waals surface area (Å²) in [6.07, 6.45) is 0.676. The van der Waals surface area contributed by atoms with Crippen molar-refractivity contribution in [1.82, 2.24) is 20.0 Å². The van der Waals surface area contributed by atoms with Gasteiger partial charge in [0, 0.05) is 37.1 Å². The van der Waals surface area contributed by atoms with E-state index in [1.165, 1.54) is 12.1 Å². The molecule has 1 fully saturated rings. The molecule has 8 heteroatoms. The minimum absolute atomic E-state index is 0.0814. The molecule has 0 bridgehead atoms. The van der Waals surface area contributed by atoms with E-state index >= 15 is 0 Å². The average Bonchev–Trinajstić information content (AvgIpc) is 2.88. The molecule has 0 aliphatic carbocycles. The number of nitrogens with one attached hydrogen (secondary N) is 1. The largest absolute Gasteiger partial charge is 0.337 e. The number of carbonyl (C=O) groups excluding carboxylic acids is 2. The lowest BCUT2D eigenvalue weighted by Crippen LogP contribution is -2.38. The van der Waals surface area contributed by atoms with Gasteiger partial charge in [-0.05, 0) is 24.6 Å². The van der Waals surface area contributed by atoms with Crippen LogP contribution in [0.4, 0.5) is 0 Å². The number of amides is 2. The molecule has 0 atom stereocenters. The zero-order chi connectivity index (χ0) is 17.8. The third-order valence-electron chi connectivity index (χ3n) is 4.10.